The van der Waals surface area contributed by atoms with Crippen molar-refractivity contribution >= 4 is 17.5 Å². The molecule has 1 aromatic carbocycles. The van der Waals surface area contributed by atoms with Gasteiger partial charge in [-0.25, -0.2) is 9.97 Å². The van der Waals surface area contributed by atoms with Gasteiger partial charge in [0.05, 0.1) is 30.9 Å². The van der Waals surface area contributed by atoms with E-state index in [-0.39, 0.29) is 18.5 Å². The number of para-hydroxylation sites is 2. The maximum atomic E-state index is 12.8. The fraction of sp³-hybridized carbons (Fsp3) is 0.421. The van der Waals surface area contributed by atoms with Crippen molar-refractivity contribution < 1.29 is 14.6 Å². The van der Waals surface area contributed by atoms with E-state index in [1.807, 2.05) is 29.2 Å². The van der Waals surface area contributed by atoms with E-state index in [2.05, 4.69) is 15.3 Å². The average Bonchev–Trinajstić information content (AvgIpc) is 2.70. The first-order chi connectivity index (χ1) is 13.2. The zero-order valence-electron chi connectivity index (χ0n) is 15.0. The molecule has 27 heavy (non-hydrogen) atoms. The lowest BCUT2D eigenvalue weighted by atomic mass is 10.0. The number of benzene rings is 1. The molecule has 3 heterocycles. The van der Waals surface area contributed by atoms with Gasteiger partial charge in [0.25, 0.3) is 0 Å². The molecule has 2 aromatic rings. The number of nitrogens with zero attached hydrogens (tertiary/aromatic N) is 4. The summed E-state index contributed by atoms with van der Waals surface area (Å²) >= 11 is 0. The van der Waals surface area contributed by atoms with Crippen LogP contribution in [0, 0.1) is 0 Å². The largest absolute Gasteiger partial charge is 0.490 e. The number of hydrogen-bond acceptors (Lipinski definition) is 7. The van der Waals surface area contributed by atoms with E-state index in [4.69, 9.17) is 4.74 Å². The Hall–Kier alpha value is -2.71. The van der Waals surface area contributed by atoms with E-state index in [1.54, 1.807) is 23.4 Å². The maximum absolute atomic E-state index is 12.8. The summed E-state index contributed by atoms with van der Waals surface area (Å²) < 4.78 is 5.61. The van der Waals surface area contributed by atoms with Crippen LogP contribution in [-0.4, -0.2) is 70.8 Å². The Bertz CT molecular complexity index is 788. The monoisotopic (exact) mass is 369 g/mol. The van der Waals surface area contributed by atoms with E-state index in [0.29, 0.717) is 32.1 Å². The molecule has 2 atom stereocenters. The van der Waals surface area contributed by atoms with Gasteiger partial charge >= 0.3 is 0 Å². The van der Waals surface area contributed by atoms with Crippen molar-refractivity contribution in [2.45, 2.75) is 18.6 Å². The molecular formula is C19H23N5O3. The van der Waals surface area contributed by atoms with Crippen LogP contribution < -0.4 is 15.0 Å². The smallest absolute Gasteiger partial charge is 0.241 e. The number of aliphatic hydroxyl groups is 1. The number of carbonyl (C=O) groups excluding carboxylic acids is 1. The Labute approximate surface area is 157 Å². The maximum Gasteiger partial charge on any atom is 0.241 e. The number of piperidine rings is 1. The number of aliphatic hydroxyl groups excluding tert-OH is 1. The number of β-amino-alcohol motifs (C(OH)–C–C–N with tert-alkyl or cyclic N) is 1. The summed E-state index contributed by atoms with van der Waals surface area (Å²) in [5.41, 5.74) is 0.812. The first-order valence-corrected chi connectivity index (χ1v) is 9.17. The predicted molar refractivity (Wildman–Crippen MR) is 101 cm³/mol. The number of aromatic nitrogens is 2. The normalized spacial score (nSPS) is 22.6. The minimum atomic E-state index is -0.590. The minimum absolute atomic E-state index is 0.0238. The number of likely N-dealkylation sites (tertiary alicyclic amines) is 1. The zero-order valence-corrected chi connectivity index (χ0v) is 15.0. The van der Waals surface area contributed by atoms with Gasteiger partial charge in [0.2, 0.25) is 11.9 Å². The summed E-state index contributed by atoms with van der Waals surface area (Å²) in [6.07, 6.45) is 3.45. The highest BCUT2D eigenvalue weighted by molar-refractivity contribution is 5.96. The topological polar surface area (TPSA) is 90.8 Å². The summed E-state index contributed by atoms with van der Waals surface area (Å²) in [5.74, 6) is 1.27. The lowest BCUT2D eigenvalue weighted by Gasteiger charge is -2.37. The van der Waals surface area contributed by atoms with Crippen molar-refractivity contribution in [3.05, 3.63) is 42.7 Å². The molecule has 8 nitrogen and oxygen atoms in total. The van der Waals surface area contributed by atoms with E-state index in [0.717, 1.165) is 18.0 Å². The van der Waals surface area contributed by atoms with Gasteiger partial charge in [-0.1, -0.05) is 12.1 Å². The second-order valence-electron chi connectivity index (χ2n) is 6.78. The van der Waals surface area contributed by atoms with Crippen LogP contribution in [0.15, 0.2) is 42.7 Å². The number of amides is 1. The van der Waals surface area contributed by atoms with Crippen molar-refractivity contribution in [3.63, 3.8) is 0 Å². The molecule has 2 aliphatic heterocycles. The third-order valence-electron chi connectivity index (χ3n) is 4.93. The van der Waals surface area contributed by atoms with E-state index in [9.17, 15) is 9.90 Å². The van der Waals surface area contributed by atoms with Crippen molar-refractivity contribution in [1.82, 2.24) is 14.9 Å². The first-order valence-electron chi connectivity index (χ1n) is 9.17. The van der Waals surface area contributed by atoms with Crippen LogP contribution in [0.5, 0.6) is 5.75 Å². The second-order valence-corrected chi connectivity index (χ2v) is 6.78. The van der Waals surface area contributed by atoms with Crippen molar-refractivity contribution in [3.8, 4) is 5.75 Å². The van der Waals surface area contributed by atoms with Crippen LogP contribution in [0.4, 0.5) is 11.6 Å². The lowest BCUT2D eigenvalue weighted by Crippen LogP contribution is -2.53. The molecule has 8 heteroatoms. The molecule has 0 bridgehead atoms. The molecule has 1 fully saturated rings. The molecule has 1 aromatic heterocycles. The van der Waals surface area contributed by atoms with Gasteiger partial charge in [0.15, 0.2) is 0 Å². The highest BCUT2D eigenvalue weighted by Gasteiger charge is 2.31. The van der Waals surface area contributed by atoms with Crippen LogP contribution >= 0.6 is 0 Å². The molecule has 1 amide bonds. The molecule has 2 N–H and O–H groups in total. The summed E-state index contributed by atoms with van der Waals surface area (Å²) in [6, 6.07) is 9.21. The number of anilines is 2. The Morgan fingerprint density at radius 3 is 2.85 bits per heavy atom. The Morgan fingerprint density at radius 2 is 2.04 bits per heavy atom. The molecule has 0 saturated carbocycles. The molecule has 1 saturated heterocycles. The predicted octanol–water partition coefficient (Wildman–Crippen LogP) is 0.749. The van der Waals surface area contributed by atoms with E-state index >= 15 is 0 Å². The number of carbonyl (C=O) groups is 1. The Kier molecular flexibility index (Phi) is 5.17. The highest BCUT2D eigenvalue weighted by atomic mass is 16.5. The number of nitrogens with one attached hydrogen (secondary N) is 1. The summed E-state index contributed by atoms with van der Waals surface area (Å²) in [5, 5.41) is 13.6. The van der Waals surface area contributed by atoms with Crippen LogP contribution in [0.2, 0.25) is 0 Å². The molecule has 0 unspecified atom stereocenters. The number of hydrogen-bond donors (Lipinski definition) is 2. The minimum Gasteiger partial charge on any atom is -0.490 e. The van der Waals surface area contributed by atoms with Crippen LogP contribution in [0.25, 0.3) is 0 Å². The molecule has 2 aliphatic rings. The number of rotatable bonds is 4. The Morgan fingerprint density at radius 1 is 1.22 bits per heavy atom. The summed E-state index contributed by atoms with van der Waals surface area (Å²) in [6.45, 7) is 2.47. The van der Waals surface area contributed by atoms with E-state index in [1.165, 1.54) is 0 Å². The first kappa shape index (κ1) is 17.7. The standard InChI is InChI=1S/C19H23N5O3/c25-16-12-23(9-6-14(16)22-19-20-7-3-8-21-19)13-18(26)24-10-11-27-17-5-2-1-4-15(17)24/h1-5,7-8,14,16,25H,6,9-13H2,(H,20,21,22)/t14-,16-/m1/s1. The van der Waals surface area contributed by atoms with Crippen LogP contribution in [0.1, 0.15) is 6.42 Å². The van der Waals surface area contributed by atoms with Gasteiger partial charge in [0, 0.05) is 25.5 Å². The summed E-state index contributed by atoms with van der Waals surface area (Å²) in [7, 11) is 0. The van der Waals surface area contributed by atoms with Crippen molar-refractivity contribution in [2.75, 3.05) is 43.0 Å². The quantitative estimate of drug-likeness (QED) is 0.822. The number of ether oxygens (including phenoxy) is 1. The molecule has 142 valence electrons. The van der Waals surface area contributed by atoms with Gasteiger partial charge < -0.3 is 20.1 Å². The summed E-state index contributed by atoms with van der Waals surface area (Å²) in [4.78, 5) is 24.9. The van der Waals surface area contributed by atoms with Gasteiger partial charge in [-0.2, -0.15) is 0 Å². The highest BCUT2D eigenvalue weighted by Crippen LogP contribution is 2.31. The molecule has 4 rings (SSSR count). The van der Waals surface area contributed by atoms with Gasteiger partial charge in [-0.15, -0.1) is 0 Å². The zero-order chi connectivity index (χ0) is 18.6. The van der Waals surface area contributed by atoms with E-state index < -0.39 is 6.10 Å². The van der Waals surface area contributed by atoms with Gasteiger partial charge in [-0.05, 0) is 24.6 Å². The SMILES string of the molecule is O=C(CN1CC[C@@H](Nc2ncccn2)[C@H](O)C1)N1CCOc2ccccc21. The third-order valence-corrected chi connectivity index (χ3v) is 4.93. The average molecular weight is 369 g/mol. The van der Waals surface area contributed by atoms with Gasteiger partial charge in [-0.3, -0.25) is 9.69 Å². The van der Waals surface area contributed by atoms with Crippen molar-refractivity contribution in [1.29, 1.82) is 0 Å². The van der Waals surface area contributed by atoms with Crippen LogP contribution in [0.3, 0.4) is 0 Å². The van der Waals surface area contributed by atoms with Gasteiger partial charge in [0.1, 0.15) is 12.4 Å². The third kappa shape index (κ3) is 4.01. The van der Waals surface area contributed by atoms with Crippen LogP contribution in [-0.2, 0) is 4.79 Å². The fourth-order valence-corrected chi connectivity index (χ4v) is 3.55. The molecular weight excluding hydrogens is 346 g/mol. The Balaban J connectivity index is 1.34. The number of fused-ring (bicyclic) bond motifs is 1. The van der Waals surface area contributed by atoms with Crippen molar-refractivity contribution in [2.24, 2.45) is 0 Å². The molecule has 0 spiro atoms. The second kappa shape index (κ2) is 7.89. The molecule has 0 aliphatic carbocycles. The molecule has 0 radical (unpaired) electrons. The fourth-order valence-electron chi connectivity index (χ4n) is 3.55. The lowest BCUT2D eigenvalue weighted by molar-refractivity contribution is -0.120.